The van der Waals surface area contributed by atoms with Gasteiger partial charge in [-0.1, -0.05) is 41.9 Å². The number of nitrogens with zero attached hydrogens (tertiary/aromatic N) is 1. The smallest absolute Gasteiger partial charge is 0.261 e. The number of hydrogen-bond donors (Lipinski definition) is 2. The van der Waals surface area contributed by atoms with Crippen molar-refractivity contribution in [2.24, 2.45) is 0 Å². The van der Waals surface area contributed by atoms with Gasteiger partial charge in [-0.25, -0.2) is 12.8 Å². The van der Waals surface area contributed by atoms with E-state index < -0.39 is 21.7 Å². The number of rotatable bonds is 7. The number of sulfonamides is 1. The second kappa shape index (κ2) is 11.9. The van der Waals surface area contributed by atoms with E-state index in [9.17, 15) is 17.6 Å². The summed E-state index contributed by atoms with van der Waals surface area (Å²) in [6.07, 6.45) is 1.58. The second-order valence-electron chi connectivity index (χ2n) is 8.26. The summed E-state index contributed by atoms with van der Waals surface area (Å²) in [4.78, 5) is 15.2. The van der Waals surface area contributed by atoms with Gasteiger partial charge in [-0.05, 0) is 60.9 Å². The van der Waals surface area contributed by atoms with Crippen LogP contribution in [0.5, 0.6) is 0 Å². The molecule has 1 fully saturated rings. The van der Waals surface area contributed by atoms with Crippen molar-refractivity contribution in [2.45, 2.75) is 30.3 Å². The first kappa shape index (κ1) is 26.9. The number of amides is 1. The van der Waals surface area contributed by atoms with Crippen molar-refractivity contribution in [3.8, 4) is 0 Å². The molecule has 0 unspecified atom stereocenters. The van der Waals surface area contributed by atoms with E-state index in [0.717, 1.165) is 44.6 Å². The Morgan fingerprint density at radius 2 is 1.66 bits per heavy atom. The summed E-state index contributed by atoms with van der Waals surface area (Å²) in [6, 6.07) is 19.1. The summed E-state index contributed by atoms with van der Waals surface area (Å²) >= 11 is 6.22. The number of halogens is 3. The van der Waals surface area contributed by atoms with Crippen LogP contribution in [0.3, 0.4) is 0 Å². The normalized spacial score (nSPS) is 14.7. The van der Waals surface area contributed by atoms with E-state index in [2.05, 4.69) is 27.1 Å². The van der Waals surface area contributed by atoms with Crippen molar-refractivity contribution in [3.63, 3.8) is 0 Å². The molecule has 3 aromatic rings. The number of piperidine rings is 1. The van der Waals surface area contributed by atoms with E-state index in [1.807, 2.05) is 18.2 Å². The quantitative estimate of drug-likeness (QED) is 0.481. The van der Waals surface area contributed by atoms with Gasteiger partial charge in [0.15, 0.2) is 0 Å². The van der Waals surface area contributed by atoms with Crippen molar-refractivity contribution in [3.05, 3.63) is 94.8 Å². The molecule has 0 aliphatic carbocycles. The lowest BCUT2D eigenvalue weighted by Gasteiger charge is -2.32. The molecule has 1 aliphatic heterocycles. The maximum atomic E-state index is 13.1. The van der Waals surface area contributed by atoms with Gasteiger partial charge in [-0.2, -0.15) is 0 Å². The molecule has 4 rings (SSSR count). The van der Waals surface area contributed by atoms with Gasteiger partial charge >= 0.3 is 0 Å². The van der Waals surface area contributed by atoms with Crippen molar-refractivity contribution in [1.29, 1.82) is 0 Å². The molecule has 1 aliphatic rings. The molecular weight excluding hydrogens is 512 g/mol. The number of anilines is 1. The lowest BCUT2D eigenvalue weighted by atomic mass is 10.0. The van der Waals surface area contributed by atoms with E-state index in [1.165, 1.54) is 35.9 Å². The molecule has 6 nitrogen and oxygen atoms in total. The molecule has 0 spiro atoms. The maximum Gasteiger partial charge on any atom is 0.261 e. The minimum absolute atomic E-state index is 0. The van der Waals surface area contributed by atoms with Gasteiger partial charge in [0, 0.05) is 31.4 Å². The predicted molar refractivity (Wildman–Crippen MR) is 131 cm³/mol. The van der Waals surface area contributed by atoms with Crippen molar-refractivity contribution < 1.29 is 30.0 Å². The van der Waals surface area contributed by atoms with Crippen molar-refractivity contribution >= 4 is 33.2 Å². The first-order chi connectivity index (χ1) is 16.3. The topological polar surface area (TPSA) is 78.5 Å². The van der Waals surface area contributed by atoms with Crippen LogP contribution in [0.25, 0.3) is 0 Å². The van der Waals surface area contributed by atoms with Crippen LogP contribution in [-0.2, 0) is 16.6 Å². The van der Waals surface area contributed by atoms with Gasteiger partial charge in [0.25, 0.3) is 15.9 Å². The maximum absolute atomic E-state index is 13.1. The zero-order valence-electron chi connectivity index (χ0n) is 18.8. The Balaban J connectivity index is 0.00000342. The molecule has 10 heteroatoms. The Morgan fingerprint density at radius 1 is 1.00 bits per heavy atom. The Morgan fingerprint density at radius 3 is 2.31 bits per heavy atom. The van der Waals surface area contributed by atoms with E-state index in [-0.39, 0.29) is 39.6 Å². The van der Waals surface area contributed by atoms with Crippen molar-refractivity contribution in [1.82, 2.24) is 10.2 Å². The van der Waals surface area contributed by atoms with Gasteiger partial charge in [0.1, 0.15) is 5.82 Å². The monoisotopic (exact) mass is 536 g/mol. The van der Waals surface area contributed by atoms with Crippen LogP contribution in [0.4, 0.5) is 10.1 Å². The molecule has 1 amide bonds. The van der Waals surface area contributed by atoms with Gasteiger partial charge < -0.3 is 17.7 Å². The van der Waals surface area contributed by atoms with Crippen LogP contribution < -0.4 is 22.4 Å². The van der Waals surface area contributed by atoms with Crippen LogP contribution in [0.15, 0.2) is 77.7 Å². The highest BCUT2D eigenvalue weighted by Crippen LogP contribution is 2.23. The third-order valence-electron chi connectivity index (χ3n) is 5.76. The molecule has 0 radical (unpaired) electrons. The lowest BCUT2D eigenvalue weighted by Crippen LogP contribution is -3.00. The molecule has 1 heterocycles. The number of hydrogen-bond acceptors (Lipinski definition) is 4. The number of carbonyl (C=O) groups excluding carboxylic acids is 1. The molecular formula is C25H25Cl2FN3O3S-. The molecule has 0 aromatic heterocycles. The summed E-state index contributed by atoms with van der Waals surface area (Å²) < 4.78 is 41.0. The van der Waals surface area contributed by atoms with Crippen LogP contribution >= 0.6 is 11.6 Å². The summed E-state index contributed by atoms with van der Waals surface area (Å²) in [6.45, 7) is 2.57. The Labute approximate surface area is 215 Å². The summed E-state index contributed by atoms with van der Waals surface area (Å²) in [7, 11) is -3.99. The summed E-state index contributed by atoms with van der Waals surface area (Å²) in [5.41, 5.74) is 1.56. The SMILES string of the molecule is O=C(NC1CCN(Cc2ccccc2)CC1)c1cc(S(=O)(=O)Nc2ccc(F)cc2)ccc1Cl.[Cl-]. The zero-order chi connectivity index (χ0) is 24.1. The van der Waals surface area contributed by atoms with Gasteiger partial charge in [-0.15, -0.1) is 0 Å². The highest BCUT2D eigenvalue weighted by atomic mass is 35.5. The number of carbonyl (C=O) groups is 1. The summed E-state index contributed by atoms with van der Waals surface area (Å²) in [5, 5.41) is 3.15. The van der Waals surface area contributed by atoms with E-state index >= 15 is 0 Å². The van der Waals surface area contributed by atoms with Crippen molar-refractivity contribution in [2.75, 3.05) is 17.8 Å². The molecule has 0 bridgehead atoms. The number of likely N-dealkylation sites (tertiary alicyclic amines) is 1. The third-order valence-corrected chi connectivity index (χ3v) is 7.47. The van der Waals surface area contributed by atoms with E-state index in [4.69, 9.17) is 11.6 Å². The minimum Gasteiger partial charge on any atom is -1.00 e. The van der Waals surface area contributed by atoms with Crippen LogP contribution in [0.2, 0.25) is 5.02 Å². The fourth-order valence-corrected chi connectivity index (χ4v) is 5.21. The fraction of sp³-hybridized carbons (Fsp3) is 0.240. The van der Waals surface area contributed by atoms with E-state index in [0.29, 0.717) is 0 Å². The lowest BCUT2D eigenvalue weighted by molar-refractivity contribution is -0.0000187. The van der Waals surface area contributed by atoms with Crippen LogP contribution in [0, 0.1) is 5.82 Å². The molecule has 186 valence electrons. The zero-order valence-corrected chi connectivity index (χ0v) is 21.1. The number of nitrogens with one attached hydrogen (secondary N) is 2. The number of benzene rings is 3. The van der Waals surface area contributed by atoms with Crippen LogP contribution in [0.1, 0.15) is 28.8 Å². The van der Waals surface area contributed by atoms with Crippen LogP contribution in [-0.4, -0.2) is 38.4 Å². The average molecular weight is 537 g/mol. The molecule has 1 saturated heterocycles. The molecule has 3 aromatic carbocycles. The van der Waals surface area contributed by atoms with E-state index in [1.54, 1.807) is 0 Å². The Bertz CT molecular complexity index is 1250. The Kier molecular flexibility index (Phi) is 9.13. The Hall–Kier alpha value is -2.65. The molecule has 35 heavy (non-hydrogen) atoms. The predicted octanol–water partition coefficient (Wildman–Crippen LogP) is 1.68. The minimum atomic E-state index is -3.99. The second-order valence-corrected chi connectivity index (χ2v) is 10.4. The van der Waals surface area contributed by atoms with Gasteiger partial charge in [-0.3, -0.25) is 14.4 Å². The molecule has 0 saturated carbocycles. The fourth-order valence-electron chi connectivity index (χ4n) is 3.92. The highest BCUT2D eigenvalue weighted by Gasteiger charge is 2.24. The first-order valence-electron chi connectivity index (χ1n) is 11.0. The molecule has 2 N–H and O–H groups in total. The molecule has 0 atom stereocenters. The van der Waals surface area contributed by atoms with Gasteiger partial charge in [0.2, 0.25) is 0 Å². The van der Waals surface area contributed by atoms with Gasteiger partial charge in [0.05, 0.1) is 15.5 Å². The largest absolute Gasteiger partial charge is 1.00 e. The summed E-state index contributed by atoms with van der Waals surface area (Å²) in [5.74, 6) is -0.885. The standard InChI is InChI=1S/C25H25ClFN3O3S.ClH/c26-24-11-10-22(34(32,33)29-21-8-6-19(27)7-9-21)16-23(24)25(31)28-20-12-14-30(15-13-20)17-18-4-2-1-3-5-18;/h1-11,16,20,29H,12-15,17H2,(H,28,31);1H/p-1. The first-order valence-corrected chi connectivity index (χ1v) is 12.8. The third kappa shape index (κ3) is 7.18. The average Bonchev–Trinajstić information content (AvgIpc) is 2.82. The highest BCUT2D eigenvalue weighted by molar-refractivity contribution is 7.92.